The van der Waals surface area contributed by atoms with Gasteiger partial charge in [0, 0.05) is 71.6 Å². The lowest BCUT2D eigenvalue weighted by Crippen LogP contribution is -2.60. The number of pyridine rings is 1. The summed E-state index contributed by atoms with van der Waals surface area (Å²) < 4.78 is 14.6. The Bertz CT molecular complexity index is 2240. The molecule has 3 fully saturated rings. The molecule has 60 heavy (non-hydrogen) atoms. The molecule has 2 amide bonds. The molecule has 1 aromatic carbocycles. The van der Waals surface area contributed by atoms with Crippen molar-refractivity contribution in [3.05, 3.63) is 57.7 Å². The number of aryl methyl sites for hydroxylation is 1. The van der Waals surface area contributed by atoms with Crippen LogP contribution in [0.15, 0.2) is 35.8 Å². The third kappa shape index (κ3) is 8.52. The zero-order valence-corrected chi connectivity index (χ0v) is 37.5. The maximum absolute atomic E-state index is 14.2. The second kappa shape index (κ2) is 17.3. The van der Waals surface area contributed by atoms with Crippen molar-refractivity contribution in [1.29, 1.82) is 0 Å². The van der Waals surface area contributed by atoms with E-state index in [-0.39, 0.29) is 54.7 Å². The lowest BCUT2D eigenvalue weighted by molar-refractivity contribution is -0.155. The van der Waals surface area contributed by atoms with E-state index in [0.29, 0.717) is 31.7 Å². The number of cyclic esters (lactones) is 1. The first-order valence-electron chi connectivity index (χ1n) is 22.1. The van der Waals surface area contributed by atoms with Crippen LogP contribution in [0.3, 0.4) is 0 Å². The van der Waals surface area contributed by atoms with Crippen molar-refractivity contribution in [3.8, 4) is 22.5 Å². The van der Waals surface area contributed by atoms with Crippen LogP contribution < -0.4 is 10.7 Å². The number of hydrogen-bond acceptors (Lipinski definition) is 10. The Balaban J connectivity index is 1.26. The Morgan fingerprint density at radius 2 is 1.88 bits per heavy atom. The van der Waals surface area contributed by atoms with Crippen molar-refractivity contribution in [2.24, 2.45) is 23.2 Å². The van der Waals surface area contributed by atoms with Gasteiger partial charge in [0.15, 0.2) is 0 Å². The maximum Gasteiger partial charge on any atom is 0.324 e. The van der Waals surface area contributed by atoms with Gasteiger partial charge in [-0.25, -0.2) is 10.4 Å². The predicted octanol–water partition coefficient (Wildman–Crippen LogP) is 7.30. The number of likely N-dealkylation sites (tertiary alicyclic amines) is 1. The summed E-state index contributed by atoms with van der Waals surface area (Å²) in [6.45, 7) is 16.2. The van der Waals surface area contributed by atoms with Crippen LogP contribution in [0.5, 0.6) is 0 Å². The van der Waals surface area contributed by atoms with E-state index in [1.807, 2.05) is 0 Å². The number of aromatic nitrogens is 3. The molecule has 4 aliphatic rings. The number of nitrogens with one attached hydrogen (secondary N) is 2. The largest absolute Gasteiger partial charge is 0.464 e. The van der Waals surface area contributed by atoms with Gasteiger partial charge in [0.25, 0.3) is 5.91 Å². The number of nitrogens with zero attached hydrogens (tertiary/aromatic N) is 5. The molecule has 2 N–H and O–H groups in total. The molecule has 6 heterocycles. The first kappa shape index (κ1) is 42.5. The molecule has 8 rings (SSSR count). The van der Waals surface area contributed by atoms with Gasteiger partial charge in [-0.3, -0.25) is 24.4 Å². The Labute approximate surface area is 358 Å². The summed E-state index contributed by atoms with van der Waals surface area (Å²) in [4.78, 5) is 54.3. The number of hydrazine groups is 1. The van der Waals surface area contributed by atoms with Gasteiger partial charge in [-0.05, 0) is 120 Å². The number of carbonyl (C=O) groups excluding carboxylic acids is 3. The van der Waals surface area contributed by atoms with Gasteiger partial charge in [0.05, 0.1) is 34.8 Å². The molecule has 3 aromatic heterocycles. The molecular weight excluding hydrogens is 775 g/mol. The van der Waals surface area contributed by atoms with E-state index >= 15 is 0 Å². The van der Waals surface area contributed by atoms with Gasteiger partial charge in [-0.1, -0.05) is 33.8 Å². The number of ether oxygens (including phenoxy) is 2. The topological polar surface area (TPSA) is 131 Å². The van der Waals surface area contributed by atoms with E-state index in [4.69, 9.17) is 19.4 Å². The summed E-state index contributed by atoms with van der Waals surface area (Å²) in [6.07, 6.45) is 7.27. The average Bonchev–Trinajstić information content (AvgIpc) is 3.52. The molecule has 3 aliphatic heterocycles. The van der Waals surface area contributed by atoms with E-state index in [0.717, 1.165) is 83.0 Å². The van der Waals surface area contributed by atoms with E-state index in [9.17, 15) is 14.4 Å². The molecular formula is C47H63N7O5S. The van der Waals surface area contributed by atoms with Gasteiger partial charge < -0.3 is 24.3 Å². The molecule has 13 heteroatoms. The number of carbonyl (C=O) groups is 3. The molecule has 0 spiro atoms. The third-order valence-corrected chi connectivity index (χ3v) is 14.7. The number of methoxy groups -OCH3 is 1. The van der Waals surface area contributed by atoms with Gasteiger partial charge in [0.2, 0.25) is 5.91 Å². The Morgan fingerprint density at radius 3 is 2.63 bits per heavy atom. The predicted molar refractivity (Wildman–Crippen MR) is 235 cm³/mol. The molecule has 4 aromatic rings. The second-order valence-corrected chi connectivity index (χ2v) is 19.7. The van der Waals surface area contributed by atoms with Crippen LogP contribution in [-0.2, 0) is 43.2 Å². The average molecular weight is 838 g/mol. The number of esters is 1. The fourth-order valence-electron chi connectivity index (χ4n) is 9.83. The summed E-state index contributed by atoms with van der Waals surface area (Å²) in [5, 5.41) is 8.54. The quantitative estimate of drug-likeness (QED) is 0.184. The lowest BCUT2D eigenvalue weighted by Gasteiger charge is -2.35. The van der Waals surface area contributed by atoms with Crippen molar-refractivity contribution < 1.29 is 23.9 Å². The van der Waals surface area contributed by atoms with Crippen LogP contribution in [0, 0.1) is 23.2 Å². The highest BCUT2D eigenvalue weighted by atomic mass is 32.1. The van der Waals surface area contributed by atoms with Crippen molar-refractivity contribution in [2.45, 2.75) is 117 Å². The summed E-state index contributed by atoms with van der Waals surface area (Å²) in [7, 11) is 3.96. The number of amides is 2. The normalized spacial score (nSPS) is 26.9. The minimum Gasteiger partial charge on any atom is -0.464 e. The van der Waals surface area contributed by atoms with Gasteiger partial charge in [0.1, 0.15) is 12.1 Å². The molecule has 7 atom stereocenters. The smallest absolute Gasteiger partial charge is 0.324 e. The molecule has 2 saturated heterocycles. The third-order valence-electron chi connectivity index (χ3n) is 13.8. The van der Waals surface area contributed by atoms with Crippen LogP contribution in [0.2, 0.25) is 0 Å². The van der Waals surface area contributed by atoms with Crippen molar-refractivity contribution >= 4 is 40.0 Å². The molecule has 1 aliphatic carbocycles. The van der Waals surface area contributed by atoms with E-state index in [1.54, 1.807) is 7.11 Å². The van der Waals surface area contributed by atoms with Gasteiger partial charge in [-0.2, -0.15) is 0 Å². The summed E-state index contributed by atoms with van der Waals surface area (Å²) in [6, 6.07) is 7.47. The highest BCUT2D eigenvalue weighted by molar-refractivity contribution is 7.10. The van der Waals surface area contributed by atoms with Crippen LogP contribution in [-0.4, -0.2) is 94.7 Å². The molecule has 12 nitrogen and oxygen atoms in total. The summed E-state index contributed by atoms with van der Waals surface area (Å²) >= 11 is 1.50. The van der Waals surface area contributed by atoms with Crippen LogP contribution in [0.4, 0.5) is 0 Å². The number of benzene rings is 1. The summed E-state index contributed by atoms with van der Waals surface area (Å²) in [5.41, 5.74) is 11.2. The highest BCUT2D eigenvalue weighted by Crippen LogP contribution is 2.46. The van der Waals surface area contributed by atoms with E-state index in [1.165, 1.54) is 27.5 Å². The van der Waals surface area contributed by atoms with Crippen LogP contribution >= 0.6 is 11.3 Å². The minimum atomic E-state index is -0.834. The fourth-order valence-corrected chi connectivity index (χ4v) is 10.7. The van der Waals surface area contributed by atoms with Crippen LogP contribution in [0.1, 0.15) is 107 Å². The van der Waals surface area contributed by atoms with Crippen molar-refractivity contribution in [2.75, 3.05) is 40.4 Å². The zero-order chi connectivity index (χ0) is 42.5. The molecule has 6 bridgehead atoms. The second-order valence-electron chi connectivity index (χ2n) is 18.7. The summed E-state index contributed by atoms with van der Waals surface area (Å²) in [5.74, 6) is 0.0676. The number of thiazole rings is 1. The monoisotopic (exact) mass is 837 g/mol. The minimum absolute atomic E-state index is 0.109. The Hall–Kier alpha value is -4.17. The van der Waals surface area contributed by atoms with Crippen molar-refractivity contribution in [1.82, 2.24) is 35.2 Å². The number of hydrogen-bond donors (Lipinski definition) is 2. The van der Waals surface area contributed by atoms with Crippen molar-refractivity contribution in [3.63, 3.8) is 0 Å². The molecule has 0 radical (unpaired) electrons. The van der Waals surface area contributed by atoms with Gasteiger partial charge in [-0.15, -0.1) is 11.3 Å². The highest BCUT2D eigenvalue weighted by Gasteiger charge is 2.49. The SMILES string of the molecule is CCn1c(-c2cc([C@@H]3CCCN(C)CC3)cnc2[C@H](C)OC)c2c3cc(ccc31)-c1csc(n1)C[C@H](NC(=O)[C@H]1[C@H](C)[C@@H]1C)C(=O)N1CCC[C@H](N1)C(=O)OCC(C)(C)C2. The van der Waals surface area contributed by atoms with E-state index < -0.39 is 17.5 Å². The Kier molecular flexibility index (Phi) is 12.3. The number of rotatable bonds is 7. The standard InChI is InChI=1S/C47H63N7O5S/c1-9-53-39-15-14-31-20-33(39)35(43(53)34-21-32(24-48-42(34)29(4)58-8)30-12-10-17-52(7)19-16-30)23-47(5,6)26-59-46(57)36-13-11-18-54(51-36)45(56)37(22-40-49-38(31)25-60-40)50-44(55)41-27(2)28(41)3/h14-15,20-21,24-25,27-30,36-37,41,51H,9-13,16-19,22-23,26H2,1-8H3,(H,50,55)/t27-,28+,29-,30+,36-,37-,41+/m0/s1. The van der Waals surface area contributed by atoms with E-state index in [2.05, 4.69) is 105 Å². The number of fused-ring (bicyclic) bond motifs is 6. The fraction of sp³-hybridized carbons (Fsp3) is 0.596. The molecule has 1 saturated carbocycles. The van der Waals surface area contributed by atoms with Gasteiger partial charge >= 0.3 is 5.97 Å². The zero-order valence-electron chi connectivity index (χ0n) is 36.7. The molecule has 0 unspecified atom stereocenters. The maximum atomic E-state index is 14.2. The lowest BCUT2D eigenvalue weighted by atomic mass is 9.83. The Morgan fingerprint density at radius 1 is 1.10 bits per heavy atom. The first-order valence-corrected chi connectivity index (χ1v) is 23.0. The van der Waals surface area contributed by atoms with Crippen LogP contribution in [0.25, 0.3) is 33.4 Å². The first-order chi connectivity index (χ1) is 28.8. The molecule has 322 valence electrons.